The van der Waals surface area contributed by atoms with Gasteiger partial charge in [-0.1, -0.05) is 19.1 Å². The second kappa shape index (κ2) is 7.81. The van der Waals surface area contributed by atoms with Crippen molar-refractivity contribution in [3.63, 3.8) is 0 Å². The van der Waals surface area contributed by atoms with Crippen LogP contribution in [0.2, 0.25) is 0 Å². The van der Waals surface area contributed by atoms with E-state index >= 15 is 0 Å². The first-order valence-corrected chi connectivity index (χ1v) is 9.11. The van der Waals surface area contributed by atoms with Crippen LogP contribution in [-0.2, 0) is 4.79 Å². The van der Waals surface area contributed by atoms with E-state index in [9.17, 15) is 9.18 Å². The number of nitrogens with zero attached hydrogens (tertiary/aromatic N) is 4. The number of benzene rings is 1. The first-order valence-electron chi connectivity index (χ1n) is 9.11. The Morgan fingerprint density at radius 2 is 2.15 bits per heavy atom. The van der Waals surface area contributed by atoms with E-state index in [1.165, 1.54) is 12.1 Å². The summed E-state index contributed by atoms with van der Waals surface area (Å²) in [6, 6.07) is 6.36. The smallest absolute Gasteiger partial charge is 0.225 e. The van der Waals surface area contributed by atoms with Crippen molar-refractivity contribution in [1.29, 1.82) is 0 Å². The molecule has 2 aromatic rings. The molecule has 0 N–H and O–H groups in total. The highest BCUT2D eigenvalue weighted by molar-refractivity contribution is 5.77. The lowest BCUT2D eigenvalue weighted by molar-refractivity contribution is -0.134. The van der Waals surface area contributed by atoms with Gasteiger partial charge in [-0.15, -0.1) is 0 Å². The molecule has 1 atom stereocenters. The van der Waals surface area contributed by atoms with E-state index in [-0.39, 0.29) is 17.8 Å². The zero-order valence-corrected chi connectivity index (χ0v) is 15.6. The predicted octanol–water partition coefficient (Wildman–Crippen LogP) is 3.81. The number of amides is 1. The van der Waals surface area contributed by atoms with Crippen molar-refractivity contribution in [2.24, 2.45) is 0 Å². The second-order valence-corrected chi connectivity index (χ2v) is 6.83. The van der Waals surface area contributed by atoms with Crippen molar-refractivity contribution < 1.29 is 9.18 Å². The Balaban J connectivity index is 2.13. The molecule has 0 aliphatic carbocycles. The molecule has 1 fully saturated rings. The lowest BCUT2D eigenvalue weighted by atomic mass is 9.93. The average molecular weight is 356 g/mol. The van der Waals surface area contributed by atoms with Gasteiger partial charge < -0.3 is 9.80 Å². The molecule has 1 aliphatic rings. The van der Waals surface area contributed by atoms with Crippen molar-refractivity contribution >= 4 is 11.9 Å². The summed E-state index contributed by atoms with van der Waals surface area (Å²) in [6.45, 7) is 2.62. The first-order chi connectivity index (χ1) is 12.5. The summed E-state index contributed by atoms with van der Waals surface area (Å²) in [7, 11) is 3.77. The third-order valence-electron chi connectivity index (χ3n) is 4.78. The summed E-state index contributed by atoms with van der Waals surface area (Å²) in [6.07, 6.45) is 5.12. The highest BCUT2D eigenvalue weighted by atomic mass is 19.1. The van der Waals surface area contributed by atoms with E-state index in [4.69, 9.17) is 4.98 Å². The number of halogens is 1. The Hall–Kier alpha value is -2.50. The van der Waals surface area contributed by atoms with Crippen molar-refractivity contribution in [3.05, 3.63) is 42.0 Å². The Bertz CT molecular complexity index is 793. The molecular formula is C20H25FN4O. The van der Waals surface area contributed by atoms with E-state index < -0.39 is 0 Å². The van der Waals surface area contributed by atoms with Gasteiger partial charge >= 0.3 is 0 Å². The SMILES string of the molecule is CCC(=O)N1CCCC[C@H]1c1nc(N(C)C)ncc1-c1cccc(F)c1. The quantitative estimate of drug-likeness (QED) is 0.836. The van der Waals surface area contributed by atoms with Crippen LogP contribution in [0.25, 0.3) is 11.1 Å². The topological polar surface area (TPSA) is 49.3 Å². The molecule has 1 aromatic heterocycles. The molecule has 5 nitrogen and oxygen atoms in total. The van der Waals surface area contributed by atoms with E-state index in [2.05, 4.69) is 4.98 Å². The largest absolute Gasteiger partial charge is 0.347 e. The maximum absolute atomic E-state index is 13.8. The summed E-state index contributed by atoms with van der Waals surface area (Å²) in [5, 5.41) is 0. The zero-order valence-electron chi connectivity index (χ0n) is 15.6. The fraction of sp³-hybridized carbons (Fsp3) is 0.450. The number of carbonyl (C=O) groups is 1. The minimum absolute atomic E-state index is 0.101. The molecule has 0 bridgehead atoms. The van der Waals surface area contributed by atoms with Crippen LogP contribution in [0.1, 0.15) is 44.3 Å². The van der Waals surface area contributed by atoms with Crippen molar-refractivity contribution in [2.75, 3.05) is 25.5 Å². The molecule has 2 heterocycles. The van der Waals surface area contributed by atoms with Gasteiger partial charge in [-0.25, -0.2) is 14.4 Å². The molecule has 1 amide bonds. The normalized spacial score (nSPS) is 17.2. The predicted molar refractivity (Wildman–Crippen MR) is 100 cm³/mol. The Morgan fingerprint density at radius 1 is 1.35 bits per heavy atom. The van der Waals surface area contributed by atoms with Crippen LogP contribution in [0.15, 0.2) is 30.5 Å². The molecule has 1 aliphatic heterocycles. The molecule has 1 saturated heterocycles. The van der Waals surface area contributed by atoms with Crippen LogP contribution >= 0.6 is 0 Å². The van der Waals surface area contributed by atoms with Crippen LogP contribution < -0.4 is 4.90 Å². The lowest BCUT2D eigenvalue weighted by Crippen LogP contribution is -2.39. The van der Waals surface area contributed by atoms with E-state index in [0.717, 1.165) is 42.6 Å². The molecule has 0 saturated carbocycles. The number of piperidine rings is 1. The molecule has 0 radical (unpaired) electrons. The third kappa shape index (κ3) is 3.69. The monoisotopic (exact) mass is 356 g/mol. The van der Waals surface area contributed by atoms with Crippen LogP contribution in [0.3, 0.4) is 0 Å². The minimum Gasteiger partial charge on any atom is -0.347 e. The fourth-order valence-electron chi connectivity index (χ4n) is 3.45. The Morgan fingerprint density at radius 3 is 2.85 bits per heavy atom. The van der Waals surface area contributed by atoms with Gasteiger partial charge in [0.15, 0.2) is 0 Å². The summed E-state index contributed by atoms with van der Waals surface area (Å²) < 4.78 is 13.8. The van der Waals surface area contributed by atoms with Crippen LogP contribution in [0.5, 0.6) is 0 Å². The van der Waals surface area contributed by atoms with E-state index in [1.54, 1.807) is 12.3 Å². The average Bonchev–Trinajstić information content (AvgIpc) is 2.66. The van der Waals surface area contributed by atoms with Gasteiger partial charge in [0.1, 0.15) is 5.82 Å². The van der Waals surface area contributed by atoms with Crippen molar-refractivity contribution in [1.82, 2.24) is 14.9 Å². The number of anilines is 1. The van der Waals surface area contributed by atoms with Gasteiger partial charge in [0.25, 0.3) is 0 Å². The van der Waals surface area contributed by atoms with Crippen LogP contribution in [0.4, 0.5) is 10.3 Å². The number of hydrogen-bond donors (Lipinski definition) is 0. The fourth-order valence-corrected chi connectivity index (χ4v) is 3.45. The third-order valence-corrected chi connectivity index (χ3v) is 4.78. The van der Waals surface area contributed by atoms with Crippen molar-refractivity contribution in [3.8, 4) is 11.1 Å². The first kappa shape index (κ1) is 18.3. The summed E-state index contributed by atoms with van der Waals surface area (Å²) in [5.74, 6) is 0.426. The summed E-state index contributed by atoms with van der Waals surface area (Å²) in [5.41, 5.74) is 2.33. The molecule has 1 aromatic carbocycles. The number of aromatic nitrogens is 2. The number of rotatable bonds is 4. The van der Waals surface area contributed by atoms with E-state index in [1.807, 2.05) is 36.9 Å². The molecule has 138 valence electrons. The van der Waals surface area contributed by atoms with Crippen LogP contribution in [-0.4, -0.2) is 41.4 Å². The summed E-state index contributed by atoms with van der Waals surface area (Å²) >= 11 is 0. The summed E-state index contributed by atoms with van der Waals surface area (Å²) in [4.78, 5) is 25.4. The molecule has 3 rings (SSSR count). The van der Waals surface area contributed by atoms with E-state index in [0.29, 0.717) is 12.4 Å². The molecule has 0 unspecified atom stereocenters. The van der Waals surface area contributed by atoms with Gasteiger partial charge in [0.05, 0.1) is 11.7 Å². The molecular weight excluding hydrogens is 331 g/mol. The maximum atomic E-state index is 13.8. The Labute approximate surface area is 153 Å². The minimum atomic E-state index is -0.296. The number of carbonyl (C=O) groups excluding carboxylic acids is 1. The Kier molecular flexibility index (Phi) is 5.49. The highest BCUT2D eigenvalue weighted by Crippen LogP contribution is 2.36. The number of hydrogen-bond acceptors (Lipinski definition) is 4. The van der Waals surface area contributed by atoms with Gasteiger partial charge in [-0.05, 0) is 37.0 Å². The van der Waals surface area contributed by atoms with Crippen molar-refractivity contribution in [2.45, 2.75) is 38.6 Å². The maximum Gasteiger partial charge on any atom is 0.225 e. The standard InChI is InChI=1S/C20H25FN4O/c1-4-18(26)25-11-6-5-10-17(25)19-16(13-22-20(23-19)24(2)3)14-8-7-9-15(21)12-14/h7-9,12-13,17H,4-6,10-11H2,1-3H3/t17-/m0/s1. The van der Waals surface area contributed by atoms with Gasteiger partial charge in [-0.2, -0.15) is 0 Å². The second-order valence-electron chi connectivity index (χ2n) is 6.83. The van der Waals surface area contributed by atoms with Crippen LogP contribution in [0, 0.1) is 5.82 Å². The molecule has 0 spiro atoms. The van der Waals surface area contributed by atoms with Gasteiger partial charge in [0, 0.05) is 38.8 Å². The van der Waals surface area contributed by atoms with Gasteiger partial charge in [-0.3, -0.25) is 4.79 Å². The lowest BCUT2D eigenvalue weighted by Gasteiger charge is -2.36. The number of likely N-dealkylation sites (tertiary alicyclic amines) is 1. The highest BCUT2D eigenvalue weighted by Gasteiger charge is 2.30. The zero-order chi connectivity index (χ0) is 18.7. The molecule has 6 heteroatoms. The molecule has 26 heavy (non-hydrogen) atoms. The van der Waals surface area contributed by atoms with Gasteiger partial charge in [0.2, 0.25) is 11.9 Å².